The van der Waals surface area contributed by atoms with Crippen molar-refractivity contribution in [3.8, 4) is 0 Å². The highest BCUT2D eigenvalue weighted by molar-refractivity contribution is 5.84. The van der Waals surface area contributed by atoms with Crippen LogP contribution in [0, 0.1) is 11.7 Å². The minimum absolute atomic E-state index is 0.141. The van der Waals surface area contributed by atoms with Crippen molar-refractivity contribution in [2.45, 2.75) is 31.7 Å². The van der Waals surface area contributed by atoms with Gasteiger partial charge in [-0.1, -0.05) is 6.58 Å². The van der Waals surface area contributed by atoms with Crippen molar-refractivity contribution in [3.63, 3.8) is 0 Å². The Morgan fingerprint density at radius 3 is 2.62 bits per heavy atom. The van der Waals surface area contributed by atoms with Gasteiger partial charge in [-0.3, -0.25) is 4.79 Å². The maximum Gasteiger partial charge on any atom is 0.225 e. The summed E-state index contributed by atoms with van der Waals surface area (Å²) in [5.74, 6) is 0.128. The maximum absolute atomic E-state index is 13.3. The van der Waals surface area contributed by atoms with E-state index in [4.69, 9.17) is 0 Å². The average molecular weight is 329 g/mol. The molecule has 1 heterocycles. The van der Waals surface area contributed by atoms with Gasteiger partial charge >= 0.3 is 0 Å². The molecule has 0 spiro atoms. The number of benzene rings is 1. The van der Waals surface area contributed by atoms with Crippen molar-refractivity contribution in [2.24, 2.45) is 5.92 Å². The van der Waals surface area contributed by atoms with Crippen LogP contribution in [0.15, 0.2) is 30.8 Å². The fraction of sp³-hybridized carbons (Fsp3) is 0.421. The summed E-state index contributed by atoms with van der Waals surface area (Å²) in [5.41, 5.74) is 2.59. The van der Waals surface area contributed by atoms with Crippen LogP contribution >= 0.6 is 0 Å². The van der Waals surface area contributed by atoms with Gasteiger partial charge in [0.15, 0.2) is 0 Å². The van der Waals surface area contributed by atoms with Gasteiger partial charge in [0.2, 0.25) is 5.91 Å². The summed E-state index contributed by atoms with van der Waals surface area (Å²) in [5, 5.41) is 4.30. The second kappa shape index (κ2) is 6.67. The fourth-order valence-corrected chi connectivity index (χ4v) is 3.44. The third-order valence-corrected chi connectivity index (χ3v) is 4.80. The monoisotopic (exact) mass is 329 g/mol. The molecule has 0 atom stereocenters. The fourth-order valence-electron chi connectivity index (χ4n) is 3.44. The molecular weight excluding hydrogens is 305 g/mol. The molecule has 1 aromatic heterocycles. The Hall–Kier alpha value is -2.30. The van der Waals surface area contributed by atoms with Crippen LogP contribution in [-0.4, -0.2) is 35.9 Å². The molecule has 1 fully saturated rings. The summed E-state index contributed by atoms with van der Waals surface area (Å²) in [4.78, 5) is 17.0. The second-order valence-corrected chi connectivity index (χ2v) is 6.82. The van der Waals surface area contributed by atoms with Crippen LogP contribution < -0.4 is 5.32 Å². The molecule has 1 aliphatic carbocycles. The normalized spacial score (nSPS) is 20.8. The number of H-pyrrole nitrogens is 1. The predicted octanol–water partition coefficient (Wildman–Crippen LogP) is 3.51. The minimum atomic E-state index is -0.240. The molecule has 2 N–H and O–H groups in total. The molecule has 4 nitrogen and oxygen atoms in total. The SMILES string of the molecule is C=C(NC1CCC(C(=O)N(C)C)CC1)c1cc2cc(F)ccc2[nH]1. The molecule has 0 saturated heterocycles. The third kappa shape index (κ3) is 3.45. The molecule has 3 rings (SSSR count). The number of nitrogens with one attached hydrogen (secondary N) is 2. The summed E-state index contributed by atoms with van der Waals surface area (Å²) in [6.45, 7) is 4.11. The molecule has 1 aromatic carbocycles. The van der Waals surface area contributed by atoms with E-state index in [1.54, 1.807) is 11.0 Å². The molecule has 2 aromatic rings. The Bertz CT molecular complexity index is 757. The largest absolute Gasteiger partial charge is 0.381 e. The Balaban J connectivity index is 1.60. The van der Waals surface area contributed by atoms with Crippen LogP contribution in [-0.2, 0) is 4.79 Å². The van der Waals surface area contributed by atoms with E-state index in [1.807, 2.05) is 20.2 Å². The average Bonchev–Trinajstić information content (AvgIpc) is 2.98. The summed E-state index contributed by atoms with van der Waals surface area (Å²) < 4.78 is 13.3. The first-order valence-electron chi connectivity index (χ1n) is 8.39. The van der Waals surface area contributed by atoms with Crippen molar-refractivity contribution in [1.82, 2.24) is 15.2 Å². The summed E-state index contributed by atoms with van der Waals surface area (Å²) in [6, 6.07) is 6.93. The molecule has 128 valence electrons. The molecule has 0 bridgehead atoms. The van der Waals surface area contributed by atoms with Crippen molar-refractivity contribution in [2.75, 3.05) is 14.1 Å². The lowest BCUT2D eigenvalue weighted by atomic mass is 9.85. The van der Waals surface area contributed by atoms with Crippen LogP contribution in [0.4, 0.5) is 4.39 Å². The lowest BCUT2D eigenvalue weighted by Gasteiger charge is -2.30. The van der Waals surface area contributed by atoms with Gasteiger partial charge in [0.05, 0.1) is 11.4 Å². The van der Waals surface area contributed by atoms with Gasteiger partial charge in [0.25, 0.3) is 0 Å². The van der Waals surface area contributed by atoms with Gasteiger partial charge in [-0.15, -0.1) is 0 Å². The first-order valence-corrected chi connectivity index (χ1v) is 8.39. The van der Waals surface area contributed by atoms with Crippen molar-refractivity contribution < 1.29 is 9.18 Å². The van der Waals surface area contributed by atoms with Crippen LogP contribution in [0.3, 0.4) is 0 Å². The van der Waals surface area contributed by atoms with Crippen LogP contribution in [0.1, 0.15) is 31.4 Å². The van der Waals surface area contributed by atoms with Crippen molar-refractivity contribution in [3.05, 3.63) is 42.4 Å². The van der Waals surface area contributed by atoms with E-state index in [9.17, 15) is 9.18 Å². The van der Waals surface area contributed by atoms with Gasteiger partial charge < -0.3 is 15.2 Å². The van der Waals surface area contributed by atoms with Crippen LogP contribution in [0.25, 0.3) is 16.6 Å². The highest BCUT2D eigenvalue weighted by atomic mass is 19.1. The third-order valence-electron chi connectivity index (χ3n) is 4.80. The van der Waals surface area contributed by atoms with E-state index < -0.39 is 0 Å². The van der Waals surface area contributed by atoms with E-state index in [2.05, 4.69) is 16.9 Å². The molecule has 1 aliphatic rings. The molecule has 1 saturated carbocycles. The van der Waals surface area contributed by atoms with Gasteiger partial charge in [-0.2, -0.15) is 0 Å². The van der Waals surface area contributed by atoms with E-state index in [1.165, 1.54) is 12.1 Å². The molecular formula is C19H24FN3O. The van der Waals surface area contributed by atoms with Gasteiger partial charge in [-0.25, -0.2) is 4.39 Å². The van der Waals surface area contributed by atoms with E-state index in [0.29, 0.717) is 6.04 Å². The number of hydrogen-bond acceptors (Lipinski definition) is 2. The summed E-state index contributed by atoms with van der Waals surface area (Å²) in [6.07, 6.45) is 3.72. The zero-order valence-electron chi connectivity index (χ0n) is 14.2. The number of halogens is 1. The van der Waals surface area contributed by atoms with Crippen LogP contribution in [0.2, 0.25) is 0 Å². The Morgan fingerprint density at radius 1 is 1.25 bits per heavy atom. The lowest BCUT2D eigenvalue weighted by Crippen LogP contribution is -2.37. The zero-order chi connectivity index (χ0) is 17.3. The lowest BCUT2D eigenvalue weighted by molar-refractivity contribution is -0.134. The topological polar surface area (TPSA) is 48.1 Å². The maximum atomic E-state index is 13.3. The first kappa shape index (κ1) is 16.6. The molecule has 0 aliphatic heterocycles. The number of aromatic nitrogens is 1. The quantitative estimate of drug-likeness (QED) is 0.902. The first-order chi connectivity index (χ1) is 11.4. The number of aromatic amines is 1. The smallest absolute Gasteiger partial charge is 0.225 e. The summed E-state index contributed by atoms with van der Waals surface area (Å²) in [7, 11) is 3.63. The number of rotatable bonds is 4. The number of hydrogen-bond donors (Lipinski definition) is 2. The van der Waals surface area contributed by atoms with Gasteiger partial charge in [0, 0.05) is 37.0 Å². The number of carbonyl (C=O) groups excluding carboxylic acids is 1. The highest BCUT2D eigenvalue weighted by Crippen LogP contribution is 2.27. The van der Waals surface area contributed by atoms with E-state index in [0.717, 1.165) is 48.0 Å². The standard InChI is InChI=1S/C19H24FN3O/c1-12(18-11-14-10-15(20)6-9-17(14)22-18)21-16-7-4-13(5-8-16)19(24)23(2)3/h6,9-11,13,16,21-22H,1,4-5,7-8H2,2-3H3. The Kier molecular flexibility index (Phi) is 4.60. The highest BCUT2D eigenvalue weighted by Gasteiger charge is 2.27. The van der Waals surface area contributed by atoms with Gasteiger partial charge in [-0.05, 0) is 49.9 Å². The predicted molar refractivity (Wildman–Crippen MR) is 94.9 cm³/mol. The Labute approximate surface area is 141 Å². The number of nitrogens with zero attached hydrogens (tertiary/aromatic N) is 1. The van der Waals surface area contributed by atoms with E-state index >= 15 is 0 Å². The van der Waals surface area contributed by atoms with Gasteiger partial charge in [0.1, 0.15) is 5.82 Å². The molecule has 0 unspecified atom stereocenters. The van der Waals surface area contributed by atoms with Crippen molar-refractivity contribution in [1.29, 1.82) is 0 Å². The molecule has 1 amide bonds. The van der Waals surface area contributed by atoms with Crippen molar-refractivity contribution >= 4 is 22.5 Å². The number of fused-ring (bicyclic) bond motifs is 1. The van der Waals surface area contributed by atoms with E-state index in [-0.39, 0.29) is 17.6 Å². The second-order valence-electron chi connectivity index (χ2n) is 6.82. The number of carbonyl (C=O) groups is 1. The summed E-state index contributed by atoms with van der Waals surface area (Å²) >= 11 is 0. The Morgan fingerprint density at radius 2 is 1.96 bits per heavy atom. The number of amides is 1. The molecule has 0 radical (unpaired) electrons. The molecule has 24 heavy (non-hydrogen) atoms. The molecule has 5 heteroatoms. The van der Waals surface area contributed by atoms with Crippen LogP contribution in [0.5, 0.6) is 0 Å². The zero-order valence-corrected chi connectivity index (χ0v) is 14.2. The minimum Gasteiger partial charge on any atom is -0.381 e.